The number of hydrazine groups is 1. The van der Waals surface area contributed by atoms with Gasteiger partial charge in [0.05, 0.1) is 23.8 Å². The van der Waals surface area contributed by atoms with E-state index in [1.54, 1.807) is 0 Å². The molecule has 2 rings (SSSR count). The summed E-state index contributed by atoms with van der Waals surface area (Å²) in [5.41, 5.74) is 1.87. The summed E-state index contributed by atoms with van der Waals surface area (Å²) in [4.78, 5) is 33.6. The minimum Gasteiger partial charge on any atom is -0.363 e. The summed E-state index contributed by atoms with van der Waals surface area (Å²) in [7, 11) is 0. The number of nitrogens with one attached hydrogen (secondary N) is 1. The van der Waals surface area contributed by atoms with E-state index >= 15 is 0 Å². The summed E-state index contributed by atoms with van der Waals surface area (Å²) < 4.78 is 6.72. The van der Waals surface area contributed by atoms with Crippen LogP contribution in [-0.4, -0.2) is 27.6 Å². The standard InChI is InChI=1S/C12H16N4O5/c1-7-4-11(17)15(6-9(7)16(19)20)5-8-2-3-10(21-8)12(18)14-13/h4,6,8,10H,2-3,5,13H2,1H3,(H,14,18). The molecule has 1 aliphatic rings. The Hall–Kier alpha value is -2.26. The summed E-state index contributed by atoms with van der Waals surface area (Å²) in [6, 6.07) is 1.22. The van der Waals surface area contributed by atoms with Gasteiger partial charge in [-0.15, -0.1) is 0 Å². The second kappa shape index (κ2) is 6.02. The molecule has 9 nitrogen and oxygen atoms in total. The largest absolute Gasteiger partial charge is 0.363 e. The highest BCUT2D eigenvalue weighted by Crippen LogP contribution is 2.22. The Morgan fingerprint density at radius 3 is 2.95 bits per heavy atom. The molecule has 2 unspecified atom stereocenters. The van der Waals surface area contributed by atoms with Crippen LogP contribution in [0.3, 0.4) is 0 Å². The van der Waals surface area contributed by atoms with Gasteiger partial charge < -0.3 is 9.30 Å². The van der Waals surface area contributed by atoms with Gasteiger partial charge in [0.1, 0.15) is 6.10 Å². The molecule has 1 aromatic heterocycles. The van der Waals surface area contributed by atoms with Crippen LogP contribution in [0.2, 0.25) is 0 Å². The minimum atomic E-state index is -0.642. The van der Waals surface area contributed by atoms with Gasteiger partial charge in [-0.1, -0.05) is 0 Å². The molecule has 2 atom stereocenters. The molecule has 0 radical (unpaired) electrons. The lowest BCUT2D eigenvalue weighted by Gasteiger charge is -2.14. The highest BCUT2D eigenvalue weighted by atomic mass is 16.6. The number of ether oxygens (including phenoxy) is 1. The van der Waals surface area contributed by atoms with Crippen LogP contribution < -0.4 is 16.8 Å². The molecule has 1 amide bonds. The van der Waals surface area contributed by atoms with Crippen molar-refractivity contribution in [3.8, 4) is 0 Å². The van der Waals surface area contributed by atoms with Gasteiger partial charge in [-0.05, 0) is 19.8 Å². The van der Waals surface area contributed by atoms with E-state index in [9.17, 15) is 19.7 Å². The van der Waals surface area contributed by atoms with Crippen molar-refractivity contribution in [2.24, 2.45) is 5.84 Å². The number of carbonyl (C=O) groups is 1. The van der Waals surface area contributed by atoms with Crippen molar-refractivity contribution < 1.29 is 14.5 Å². The van der Waals surface area contributed by atoms with E-state index < -0.39 is 16.9 Å². The van der Waals surface area contributed by atoms with E-state index in [0.717, 1.165) is 0 Å². The Labute approximate surface area is 119 Å². The van der Waals surface area contributed by atoms with Gasteiger partial charge in [-0.3, -0.25) is 25.1 Å². The fourth-order valence-corrected chi connectivity index (χ4v) is 2.33. The number of hydrogen-bond donors (Lipinski definition) is 2. The highest BCUT2D eigenvalue weighted by Gasteiger charge is 2.30. The monoisotopic (exact) mass is 296 g/mol. The minimum absolute atomic E-state index is 0.121. The Morgan fingerprint density at radius 1 is 1.62 bits per heavy atom. The highest BCUT2D eigenvalue weighted by molar-refractivity contribution is 5.80. The lowest BCUT2D eigenvalue weighted by Crippen LogP contribution is -2.39. The first kappa shape index (κ1) is 15.1. The molecule has 1 aromatic rings. The summed E-state index contributed by atoms with van der Waals surface area (Å²) >= 11 is 0. The van der Waals surface area contributed by atoms with Gasteiger partial charge in [-0.2, -0.15) is 0 Å². The van der Waals surface area contributed by atoms with Gasteiger partial charge in [0.25, 0.3) is 17.2 Å². The van der Waals surface area contributed by atoms with Gasteiger partial charge in [0.15, 0.2) is 0 Å². The van der Waals surface area contributed by atoms with E-state index in [0.29, 0.717) is 18.4 Å². The van der Waals surface area contributed by atoms with E-state index in [2.05, 4.69) is 0 Å². The van der Waals surface area contributed by atoms with Gasteiger partial charge in [0, 0.05) is 11.6 Å². The van der Waals surface area contributed by atoms with E-state index in [1.165, 1.54) is 23.8 Å². The quantitative estimate of drug-likeness (QED) is 0.336. The second-order valence-corrected chi connectivity index (χ2v) is 4.92. The number of aromatic nitrogens is 1. The second-order valence-electron chi connectivity index (χ2n) is 4.92. The van der Waals surface area contributed by atoms with Crippen LogP contribution in [0.15, 0.2) is 17.1 Å². The van der Waals surface area contributed by atoms with Crippen molar-refractivity contribution in [3.05, 3.63) is 38.3 Å². The van der Waals surface area contributed by atoms with Crippen molar-refractivity contribution in [1.82, 2.24) is 9.99 Å². The summed E-state index contributed by atoms with van der Waals surface area (Å²) in [5.74, 6) is 4.62. The van der Waals surface area contributed by atoms with Gasteiger partial charge >= 0.3 is 0 Å². The van der Waals surface area contributed by atoms with Gasteiger partial charge in [-0.25, -0.2) is 5.84 Å². The molecule has 9 heteroatoms. The van der Waals surface area contributed by atoms with Crippen LogP contribution in [-0.2, 0) is 16.1 Å². The third-order valence-corrected chi connectivity index (χ3v) is 3.44. The smallest absolute Gasteiger partial charge is 0.288 e. The number of hydrogen-bond acceptors (Lipinski definition) is 6. The van der Waals surface area contributed by atoms with E-state index in [-0.39, 0.29) is 23.9 Å². The van der Waals surface area contributed by atoms with E-state index in [4.69, 9.17) is 10.6 Å². The lowest BCUT2D eigenvalue weighted by molar-refractivity contribution is -0.386. The predicted octanol–water partition coefficient (Wildman–Crippen LogP) is -0.398. The van der Waals surface area contributed by atoms with Crippen molar-refractivity contribution in [3.63, 3.8) is 0 Å². The molecule has 0 bridgehead atoms. The summed E-state index contributed by atoms with van der Waals surface area (Å²) in [6.45, 7) is 1.67. The predicted molar refractivity (Wildman–Crippen MR) is 72.3 cm³/mol. The number of nitrogens with two attached hydrogens (primary N) is 1. The molecule has 1 saturated heterocycles. The normalized spacial score (nSPS) is 21.2. The molecule has 3 N–H and O–H groups in total. The first-order chi connectivity index (χ1) is 9.92. The third-order valence-electron chi connectivity index (χ3n) is 3.44. The Bertz CT molecular complexity index is 627. The third kappa shape index (κ3) is 3.26. The number of nitrogens with zero attached hydrogens (tertiary/aromatic N) is 2. The zero-order valence-corrected chi connectivity index (χ0v) is 11.4. The Morgan fingerprint density at radius 2 is 2.33 bits per heavy atom. The number of nitro groups is 1. The average Bonchev–Trinajstić information content (AvgIpc) is 2.89. The maximum atomic E-state index is 11.9. The zero-order valence-electron chi connectivity index (χ0n) is 11.4. The molecule has 2 heterocycles. The van der Waals surface area contributed by atoms with Crippen molar-refractivity contribution in [1.29, 1.82) is 0 Å². The van der Waals surface area contributed by atoms with Crippen LogP contribution in [0.4, 0.5) is 5.69 Å². The van der Waals surface area contributed by atoms with Crippen LogP contribution in [0.5, 0.6) is 0 Å². The van der Waals surface area contributed by atoms with Crippen LogP contribution in [0, 0.1) is 17.0 Å². The van der Waals surface area contributed by atoms with Crippen molar-refractivity contribution >= 4 is 11.6 Å². The number of pyridine rings is 1. The molecule has 0 spiro atoms. The molecule has 0 aromatic carbocycles. The fourth-order valence-electron chi connectivity index (χ4n) is 2.33. The summed E-state index contributed by atoms with van der Waals surface area (Å²) in [5, 5.41) is 10.9. The molecule has 0 aliphatic carbocycles. The maximum absolute atomic E-state index is 11.9. The van der Waals surface area contributed by atoms with Crippen LogP contribution in [0.1, 0.15) is 18.4 Å². The Kier molecular flexibility index (Phi) is 4.34. The van der Waals surface area contributed by atoms with Crippen molar-refractivity contribution in [2.75, 3.05) is 0 Å². The van der Waals surface area contributed by atoms with E-state index in [1.807, 2.05) is 5.43 Å². The first-order valence-electron chi connectivity index (χ1n) is 6.43. The number of aryl methyl sites for hydroxylation is 1. The molecular formula is C12H16N4O5. The molecule has 114 valence electrons. The molecular weight excluding hydrogens is 280 g/mol. The number of carbonyl (C=O) groups excluding carboxylic acids is 1. The fraction of sp³-hybridized carbons (Fsp3) is 0.500. The molecule has 21 heavy (non-hydrogen) atoms. The van der Waals surface area contributed by atoms with Crippen molar-refractivity contribution in [2.45, 2.75) is 38.5 Å². The first-order valence-corrected chi connectivity index (χ1v) is 6.43. The molecule has 1 fully saturated rings. The number of amides is 1. The van der Waals surface area contributed by atoms with Gasteiger partial charge in [0.2, 0.25) is 0 Å². The summed E-state index contributed by atoms with van der Waals surface area (Å²) in [6.07, 6.45) is 1.28. The Balaban J connectivity index is 2.14. The number of rotatable bonds is 4. The molecule has 1 aliphatic heterocycles. The lowest BCUT2D eigenvalue weighted by atomic mass is 10.2. The zero-order chi connectivity index (χ0) is 15.6. The SMILES string of the molecule is Cc1cc(=O)n(CC2CCC(C(=O)NN)O2)cc1[N+](=O)[O-]. The van der Waals surface area contributed by atoms with Crippen LogP contribution >= 0.6 is 0 Å². The molecule has 0 saturated carbocycles. The maximum Gasteiger partial charge on any atom is 0.288 e. The average molecular weight is 296 g/mol. The van der Waals surface area contributed by atoms with Crippen LogP contribution in [0.25, 0.3) is 0 Å². The topological polar surface area (TPSA) is 129 Å².